The van der Waals surface area contributed by atoms with E-state index < -0.39 is 0 Å². The maximum Gasteiger partial charge on any atom is 0.251 e. The van der Waals surface area contributed by atoms with E-state index in [-0.39, 0.29) is 11.4 Å². The van der Waals surface area contributed by atoms with Crippen LogP contribution in [0.3, 0.4) is 0 Å². The predicted molar refractivity (Wildman–Crippen MR) is 104 cm³/mol. The zero-order valence-electron chi connectivity index (χ0n) is 16.2. The SMILES string of the molecule is CC(C)(C)N1CCn2c(nc3cc(C(=O)NC4CCCCC4)ccc32)C1. The van der Waals surface area contributed by atoms with Gasteiger partial charge < -0.3 is 9.88 Å². The Balaban J connectivity index is 1.55. The quantitative estimate of drug-likeness (QED) is 0.894. The van der Waals surface area contributed by atoms with Gasteiger partial charge in [0.25, 0.3) is 5.91 Å². The molecule has 1 saturated carbocycles. The molecule has 140 valence electrons. The summed E-state index contributed by atoms with van der Waals surface area (Å²) in [6, 6.07) is 6.31. The molecule has 1 aliphatic heterocycles. The highest BCUT2D eigenvalue weighted by Crippen LogP contribution is 2.26. The third kappa shape index (κ3) is 3.37. The summed E-state index contributed by atoms with van der Waals surface area (Å²) in [5.74, 6) is 1.15. The second-order valence-corrected chi connectivity index (χ2v) is 8.78. The van der Waals surface area contributed by atoms with Gasteiger partial charge in [0.05, 0.1) is 17.6 Å². The van der Waals surface area contributed by atoms with E-state index in [2.05, 4.69) is 41.6 Å². The Hall–Kier alpha value is -1.88. The minimum Gasteiger partial charge on any atom is -0.349 e. The molecule has 0 radical (unpaired) electrons. The molecule has 1 N–H and O–H groups in total. The molecule has 2 heterocycles. The number of carbonyl (C=O) groups excluding carboxylic acids is 1. The fourth-order valence-corrected chi connectivity index (χ4v) is 4.25. The summed E-state index contributed by atoms with van der Waals surface area (Å²) in [5.41, 5.74) is 2.95. The van der Waals surface area contributed by atoms with Crippen molar-refractivity contribution in [3.05, 3.63) is 29.6 Å². The third-order valence-electron chi connectivity index (χ3n) is 5.90. The molecule has 1 fully saturated rings. The first-order valence-electron chi connectivity index (χ1n) is 9.97. The van der Waals surface area contributed by atoms with Crippen LogP contribution in [-0.2, 0) is 13.1 Å². The zero-order chi connectivity index (χ0) is 18.3. The van der Waals surface area contributed by atoms with Gasteiger partial charge in [-0.1, -0.05) is 19.3 Å². The van der Waals surface area contributed by atoms with Crippen LogP contribution in [0, 0.1) is 0 Å². The molecule has 2 aliphatic rings. The van der Waals surface area contributed by atoms with E-state index in [1.165, 1.54) is 19.3 Å². The van der Waals surface area contributed by atoms with Crippen molar-refractivity contribution in [2.24, 2.45) is 0 Å². The van der Waals surface area contributed by atoms with E-state index in [0.717, 1.165) is 54.9 Å². The lowest BCUT2D eigenvalue weighted by Crippen LogP contribution is -2.45. The summed E-state index contributed by atoms with van der Waals surface area (Å²) in [6.07, 6.45) is 5.96. The monoisotopic (exact) mass is 354 g/mol. The van der Waals surface area contributed by atoms with Gasteiger partial charge in [-0.05, 0) is 51.8 Å². The molecule has 5 nitrogen and oxygen atoms in total. The summed E-state index contributed by atoms with van der Waals surface area (Å²) < 4.78 is 2.31. The minimum atomic E-state index is 0.0427. The molecular formula is C21H30N4O. The molecule has 0 bridgehead atoms. The first-order valence-corrected chi connectivity index (χ1v) is 9.97. The fourth-order valence-electron chi connectivity index (χ4n) is 4.25. The van der Waals surface area contributed by atoms with Gasteiger partial charge in [0, 0.05) is 30.2 Å². The molecule has 0 atom stereocenters. The first-order chi connectivity index (χ1) is 12.4. The smallest absolute Gasteiger partial charge is 0.251 e. The van der Waals surface area contributed by atoms with Crippen LogP contribution in [0.25, 0.3) is 11.0 Å². The minimum absolute atomic E-state index is 0.0427. The first kappa shape index (κ1) is 17.5. The Morgan fingerprint density at radius 2 is 1.92 bits per heavy atom. The van der Waals surface area contributed by atoms with Crippen molar-refractivity contribution in [3.8, 4) is 0 Å². The maximum atomic E-state index is 12.6. The lowest BCUT2D eigenvalue weighted by Gasteiger charge is -2.38. The molecule has 0 spiro atoms. The van der Waals surface area contributed by atoms with Crippen LogP contribution in [0.5, 0.6) is 0 Å². The van der Waals surface area contributed by atoms with Gasteiger partial charge >= 0.3 is 0 Å². The summed E-state index contributed by atoms with van der Waals surface area (Å²) in [5, 5.41) is 3.21. The third-order valence-corrected chi connectivity index (χ3v) is 5.90. The van der Waals surface area contributed by atoms with Gasteiger partial charge in [-0.3, -0.25) is 9.69 Å². The Morgan fingerprint density at radius 1 is 1.15 bits per heavy atom. The predicted octanol–water partition coefficient (Wildman–Crippen LogP) is 3.71. The van der Waals surface area contributed by atoms with Crippen LogP contribution < -0.4 is 5.32 Å². The Morgan fingerprint density at radius 3 is 2.65 bits per heavy atom. The van der Waals surface area contributed by atoms with Gasteiger partial charge in [0.15, 0.2) is 0 Å². The number of aromatic nitrogens is 2. The Bertz CT molecular complexity index is 811. The van der Waals surface area contributed by atoms with Gasteiger partial charge in [0.1, 0.15) is 5.82 Å². The van der Waals surface area contributed by atoms with E-state index in [9.17, 15) is 4.79 Å². The fraction of sp³-hybridized carbons (Fsp3) is 0.619. The Kier molecular flexibility index (Phi) is 4.51. The molecule has 0 saturated heterocycles. The van der Waals surface area contributed by atoms with Crippen molar-refractivity contribution < 1.29 is 4.79 Å². The summed E-state index contributed by atoms with van der Waals surface area (Å²) in [4.78, 5) is 19.9. The maximum absolute atomic E-state index is 12.6. The van der Waals surface area contributed by atoms with Crippen LogP contribution in [-0.4, -0.2) is 38.5 Å². The van der Waals surface area contributed by atoms with Crippen molar-refractivity contribution >= 4 is 16.9 Å². The van der Waals surface area contributed by atoms with E-state index >= 15 is 0 Å². The number of nitrogens with zero attached hydrogens (tertiary/aromatic N) is 3. The van der Waals surface area contributed by atoms with Crippen molar-refractivity contribution in [2.75, 3.05) is 6.54 Å². The van der Waals surface area contributed by atoms with Gasteiger partial charge in [-0.2, -0.15) is 0 Å². The number of fused-ring (bicyclic) bond motifs is 3. The van der Waals surface area contributed by atoms with Crippen molar-refractivity contribution in [2.45, 2.75) is 77.5 Å². The number of benzene rings is 1. The topological polar surface area (TPSA) is 50.2 Å². The van der Waals surface area contributed by atoms with E-state index in [1.807, 2.05) is 12.1 Å². The van der Waals surface area contributed by atoms with Crippen LogP contribution in [0.4, 0.5) is 0 Å². The summed E-state index contributed by atoms with van der Waals surface area (Å²) in [7, 11) is 0. The van der Waals surface area contributed by atoms with Crippen LogP contribution in [0.2, 0.25) is 0 Å². The standard InChI is InChI=1S/C21H30N4O/c1-21(2,3)24-11-12-25-18-10-9-15(13-17(18)23-19(25)14-24)20(26)22-16-7-5-4-6-8-16/h9-10,13,16H,4-8,11-12,14H2,1-3H3,(H,22,26). The number of imidazole rings is 1. The summed E-state index contributed by atoms with van der Waals surface area (Å²) in [6.45, 7) is 9.60. The van der Waals surface area contributed by atoms with Crippen LogP contribution in [0.15, 0.2) is 18.2 Å². The van der Waals surface area contributed by atoms with Gasteiger partial charge in [-0.15, -0.1) is 0 Å². The molecule has 26 heavy (non-hydrogen) atoms. The molecule has 4 rings (SSSR count). The largest absolute Gasteiger partial charge is 0.349 e. The second kappa shape index (κ2) is 6.69. The van der Waals surface area contributed by atoms with Crippen molar-refractivity contribution in [1.82, 2.24) is 19.8 Å². The van der Waals surface area contributed by atoms with Crippen molar-refractivity contribution in [1.29, 1.82) is 0 Å². The molecule has 1 aromatic heterocycles. The number of amides is 1. The summed E-state index contributed by atoms with van der Waals surface area (Å²) >= 11 is 0. The highest BCUT2D eigenvalue weighted by atomic mass is 16.1. The zero-order valence-corrected chi connectivity index (χ0v) is 16.2. The van der Waals surface area contributed by atoms with E-state index in [4.69, 9.17) is 4.98 Å². The number of nitrogens with one attached hydrogen (secondary N) is 1. The molecule has 0 unspecified atom stereocenters. The van der Waals surface area contributed by atoms with E-state index in [0.29, 0.717) is 6.04 Å². The average Bonchev–Trinajstić information content (AvgIpc) is 2.98. The lowest BCUT2D eigenvalue weighted by atomic mass is 9.95. The molecular weight excluding hydrogens is 324 g/mol. The highest BCUT2D eigenvalue weighted by Gasteiger charge is 2.28. The van der Waals surface area contributed by atoms with Crippen LogP contribution >= 0.6 is 0 Å². The highest BCUT2D eigenvalue weighted by molar-refractivity contribution is 5.97. The number of hydrogen-bond acceptors (Lipinski definition) is 3. The number of carbonyl (C=O) groups is 1. The van der Waals surface area contributed by atoms with Crippen molar-refractivity contribution in [3.63, 3.8) is 0 Å². The Labute approximate surface area is 155 Å². The molecule has 5 heteroatoms. The van der Waals surface area contributed by atoms with E-state index in [1.54, 1.807) is 0 Å². The number of rotatable bonds is 2. The van der Waals surface area contributed by atoms with Gasteiger partial charge in [-0.25, -0.2) is 4.98 Å². The molecule has 2 aromatic rings. The molecule has 1 aromatic carbocycles. The average molecular weight is 354 g/mol. The molecule has 1 aliphatic carbocycles. The van der Waals surface area contributed by atoms with Crippen LogP contribution in [0.1, 0.15) is 69.1 Å². The lowest BCUT2D eigenvalue weighted by molar-refractivity contribution is 0.0928. The second-order valence-electron chi connectivity index (χ2n) is 8.78. The number of hydrogen-bond donors (Lipinski definition) is 1. The van der Waals surface area contributed by atoms with Gasteiger partial charge in [0.2, 0.25) is 0 Å². The molecule has 1 amide bonds. The normalized spacial score (nSPS) is 19.5.